The first kappa shape index (κ1) is 22.3. The molecular weight excluding hydrogens is 419 g/mol. The van der Waals surface area contributed by atoms with Gasteiger partial charge in [-0.25, -0.2) is 12.8 Å². The van der Waals surface area contributed by atoms with Gasteiger partial charge in [-0.1, -0.05) is 30.3 Å². The zero-order valence-corrected chi connectivity index (χ0v) is 18.0. The van der Waals surface area contributed by atoms with E-state index in [1.165, 1.54) is 37.4 Å². The second-order valence-electron chi connectivity index (χ2n) is 6.94. The molecule has 3 aromatic carbocycles. The van der Waals surface area contributed by atoms with Gasteiger partial charge in [-0.3, -0.25) is 9.52 Å². The maximum absolute atomic E-state index is 13.0. The van der Waals surface area contributed by atoms with Gasteiger partial charge in [0.15, 0.2) is 0 Å². The predicted molar refractivity (Wildman–Crippen MR) is 117 cm³/mol. The highest BCUT2D eigenvalue weighted by Crippen LogP contribution is 2.28. The largest absolute Gasteiger partial charge is 0.495 e. The first-order valence-electron chi connectivity index (χ1n) is 9.59. The van der Waals surface area contributed by atoms with Gasteiger partial charge in [0.25, 0.3) is 15.9 Å². The van der Waals surface area contributed by atoms with Crippen molar-refractivity contribution < 1.29 is 22.3 Å². The van der Waals surface area contributed by atoms with Crippen LogP contribution in [0.4, 0.5) is 10.1 Å². The Balaban J connectivity index is 1.75. The van der Waals surface area contributed by atoms with E-state index in [9.17, 15) is 17.6 Å². The van der Waals surface area contributed by atoms with Crippen LogP contribution < -0.4 is 14.8 Å². The van der Waals surface area contributed by atoms with E-state index in [4.69, 9.17) is 4.74 Å². The molecule has 0 fully saturated rings. The first-order chi connectivity index (χ1) is 14.8. The molecule has 3 rings (SSSR count). The van der Waals surface area contributed by atoms with Gasteiger partial charge >= 0.3 is 0 Å². The summed E-state index contributed by atoms with van der Waals surface area (Å²) in [7, 11) is -2.59. The average Bonchev–Trinajstić information content (AvgIpc) is 2.75. The smallest absolute Gasteiger partial charge is 0.265 e. The minimum Gasteiger partial charge on any atom is -0.495 e. The van der Waals surface area contributed by atoms with Crippen molar-refractivity contribution in [3.05, 3.63) is 89.2 Å². The molecule has 8 heteroatoms. The molecule has 3 aromatic rings. The van der Waals surface area contributed by atoms with Crippen molar-refractivity contribution in [2.45, 2.75) is 18.2 Å². The Kier molecular flexibility index (Phi) is 6.91. The Morgan fingerprint density at radius 3 is 2.45 bits per heavy atom. The summed E-state index contributed by atoms with van der Waals surface area (Å²) in [5, 5.41) is 2.77. The molecule has 0 radical (unpaired) electrons. The van der Waals surface area contributed by atoms with Crippen molar-refractivity contribution >= 4 is 21.6 Å². The van der Waals surface area contributed by atoms with Crippen LogP contribution in [0.15, 0.2) is 71.6 Å². The van der Waals surface area contributed by atoms with Crippen LogP contribution >= 0.6 is 0 Å². The number of benzene rings is 3. The lowest BCUT2D eigenvalue weighted by molar-refractivity contribution is 0.0955. The number of para-hydroxylation sites is 1. The number of carbonyl (C=O) groups excluding carboxylic acids is 1. The summed E-state index contributed by atoms with van der Waals surface area (Å²) in [6.45, 7) is 2.15. The van der Waals surface area contributed by atoms with Gasteiger partial charge in [-0.2, -0.15) is 0 Å². The Morgan fingerprint density at radius 1 is 1.03 bits per heavy atom. The lowest BCUT2D eigenvalue weighted by atomic mass is 10.1. The Bertz CT molecular complexity index is 1180. The number of ether oxygens (including phenoxy) is 1. The molecule has 0 unspecified atom stereocenters. The molecule has 0 aliphatic heterocycles. The molecule has 0 saturated carbocycles. The van der Waals surface area contributed by atoms with Crippen LogP contribution in [0.25, 0.3) is 0 Å². The van der Waals surface area contributed by atoms with Gasteiger partial charge in [-0.05, 0) is 60.9 Å². The van der Waals surface area contributed by atoms with Crippen molar-refractivity contribution in [2.75, 3.05) is 18.4 Å². The summed E-state index contributed by atoms with van der Waals surface area (Å²) in [4.78, 5) is 12.6. The van der Waals surface area contributed by atoms with Crippen molar-refractivity contribution in [3.63, 3.8) is 0 Å². The maximum Gasteiger partial charge on any atom is 0.265 e. The van der Waals surface area contributed by atoms with Crippen molar-refractivity contribution in [1.82, 2.24) is 5.32 Å². The number of methoxy groups -OCH3 is 1. The van der Waals surface area contributed by atoms with Gasteiger partial charge < -0.3 is 10.1 Å². The first-order valence-corrected chi connectivity index (χ1v) is 11.1. The highest BCUT2D eigenvalue weighted by Gasteiger charge is 2.22. The predicted octanol–water partition coefficient (Wildman–Crippen LogP) is 3.92. The third-order valence-electron chi connectivity index (χ3n) is 4.64. The number of sulfonamides is 1. The number of halogens is 1. The molecule has 1 amide bonds. The molecular formula is C23H23FN2O4S. The minimum atomic E-state index is -3.99. The normalized spacial score (nSPS) is 11.1. The van der Waals surface area contributed by atoms with E-state index in [1.807, 2.05) is 6.92 Å². The molecule has 0 heterocycles. The standard InChI is InChI=1S/C23H23FN2O4S/c1-16-7-12-22(21(15-16)30-2)31(28,29)26-20-6-4-3-5-19(20)23(27)25-14-13-17-8-10-18(24)11-9-17/h3-12,15,26H,13-14H2,1-2H3,(H,25,27). The van der Waals surface area contributed by atoms with E-state index in [0.29, 0.717) is 13.0 Å². The molecule has 162 valence electrons. The molecule has 0 aliphatic carbocycles. The molecule has 2 N–H and O–H groups in total. The van der Waals surface area contributed by atoms with Crippen molar-refractivity contribution in [1.29, 1.82) is 0 Å². The van der Waals surface area contributed by atoms with E-state index >= 15 is 0 Å². The Hall–Kier alpha value is -3.39. The number of rotatable bonds is 8. The number of nitrogens with one attached hydrogen (secondary N) is 2. The fraction of sp³-hybridized carbons (Fsp3) is 0.174. The number of anilines is 1. The monoisotopic (exact) mass is 442 g/mol. The van der Waals surface area contributed by atoms with Crippen LogP contribution in [0.5, 0.6) is 5.75 Å². The average molecular weight is 443 g/mol. The Labute approximate surface area is 181 Å². The fourth-order valence-electron chi connectivity index (χ4n) is 3.03. The topological polar surface area (TPSA) is 84.5 Å². The highest BCUT2D eigenvalue weighted by molar-refractivity contribution is 7.92. The van der Waals surface area contributed by atoms with Crippen LogP contribution in [0.2, 0.25) is 0 Å². The SMILES string of the molecule is COc1cc(C)ccc1S(=O)(=O)Nc1ccccc1C(=O)NCCc1ccc(F)cc1. The second-order valence-corrected chi connectivity index (χ2v) is 8.59. The summed E-state index contributed by atoms with van der Waals surface area (Å²) in [6.07, 6.45) is 0.514. The highest BCUT2D eigenvalue weighted by atomic mass is 32.2. The second kappa shape index (κ2) is 9.61. The third kappa shape index (κ3) is 5.61. The van der Waals surface area contributed by atoms with Crippen LogP contribution in [0.3, 0.4) is 0 Å². The lowest BCUT2D eigenvalue weighted by Crippen LogP contribution is -2.27. The summed E-state index contributed by atoms with van der Waals surface area (Å²) >= 11 is 0. The number of hydrogen-bond donors (Lipinski definition) is 2. The van der Waals surface area contributed by atoms with E-state index in [-0.39, 0.29) is 27.7 Å². The summed E-state index contributed by atoms with van der Waals surface area (Å²) in [5.74, 6) is -0.524. The molecule has 0 bridgehead atoms. The lowest BCUT2D eigenvalue weighted by Gasteiger charge is -2.15. The van der Waals surface area contributed by atoms with E-state index < -0.39 is 15.9 Å². The molecule has 31 heavy (non-hydrogen) atoms. The van der Waals surface area contributed by atoms with Crippen LogP contribution in [0.1, 0.15) is 21.5 Å². The van der Waals surface area contributed by atoms with Crippen LogP contribution in [-0.4, -0.2) is 28.0 Å². The molecule has 0 aliphatic rings. The zero-order valence-electron chi connectivity index (χ0n) is 17.2. The Morgan fingerprint density at radius 2 is 1.74 bits per heavy atom. The zero-order chi connectivity index (χ0) is 22.4. The van der Waals surface area contributed by atoms with Gasteiger partial charge in [0.1, 0.15) is 16.5 Å². The van der Waals surface area contributed by atoms with Gasteiger partial charge in [0.2, 0.25) is 0 Å². The minimum absolute atomic E-state index is 0.0212. The van der Waals surface area contributed by atoms with E-state index in [2.05, 4.69) is 10.0 Å². The molecule has 0 spiro atoms. The molecule has 0 aromatic heterocycles. The fourth-order valence-corrected chi connectivity index (χ4v) is 4.27. The molecule has 0 saturated heterocycles. The quantitative estimate of drug-likeness (QED) is 0.554. The van der Waals surface area contributed by atoms with Crippen LogP contribution in [0, 0.1) is 12.7 Å². The molecule has 0 atom stereocenters. The molecule has 6 nitrogen and oxygen atoms in total. The number of hydrogen-bond acceptors (Lipinski definition) is 4. The van der Waals surface area contributed by atoms with E-state index in [0.717, 1.165) is 11.1 Å². The third-order valence-corrected chi connectivity index (χ3v) is 6.04. The van der Waals surface area contributed by atoms with Gasteiger partial charge in [0.05, 0.1) is 18.4 Å². The number of carbonyl (C=O) groups is 1. The summed E-state index contributed by atoms with van der Waals surface area (Å²) < 4.78 is 46.6. The van der Waals surface area contributed by atoms with Gasteiger partial charge in [0, 0.05) is 6.54 Å². The van der Waals surface area contributed by atoms with Crippen molar-refractivity contribution in [2.24, 2.45) is 0 Å². The van der Waals surface area contributed by atoms with Crippen molar-refractivity contribution in [3.8, 4) is 5.75 Å². The van der Waals surface area contributed by atoms with Gasteiger partial charge in [-0.15, -0.1) is 0 Å². The summed E-state index contributed by atoms with van der Waals surface area (Å²) in [5.41, 5.74) is 2.08. The number of amides is 1. The maximum atomic E-state index is 13.0. The summed E-state index contributed by atoms with van der Waals surface area (Å²) in [6, 6.07) is 17.1. The van der Waals surface area contributed by atoms with E-state index in [1.54, 1.807) is 36.4 Å². The van der Waals surface area contributed by atoms with Crippen LogP contribution in [-0.2, 0) is 16.4 Å². The number of aryl methyl sites for hydroxylation is 1.